The first-order chi connectivity index (χ1) is 5.72. The summed E-state index contributed by atoms with van der Waals surface area (Å²) in [6, 6.07) is 0. The molecular formula is C9H12N2O. The van der Waals surface area contributed by atoms with Gasteiger partial charge in [-0.2, -0.15) is 4.98 Å². The van der Waals surface area contributed by atoms with E-state index in [0.29, 0.717) is 11.7 Å². The topological polar surface area (TPSA) is 38.4 Å². The van der Waals surface area contributed by atoms with Crippen LogP contribution in [-0.2, 0) is 0 Å². The predicted molar refractivity (Wildman–Crippen MR) is 48.8 cm³/mol. The summed E-state index contributed by atoms with van der Waals surface area (Å²) in [5, 5.41) is 0. The van der Waals surface area contributed by atoms with Gasteiger partial charge in [0.15, 0.2) is 11.7 Å². The molecule has 1 heterocycles. The molecule has 0 bridgehead atoms. The SMILES string of the molecule is C/C=C\C(C)=Nc1coc(C)n1. The fourth-order valence-electron chi connectivity index (χ4n) is 0.863. The fourth-order valence-corrected chi connectivity index (χ4v) is 0.863. The number of nitrogens with zero attached hydrogens (tertiary/aromatic N) is 2. The molecule has 3 nitrogen and oxygen atoms in total. The van der Waals surface area contributed by atoms with Crippen molar-refractivity contribution in [3.63, 3.8) is 0 Å². The van der Waals surface area contributed by atoms with Crippen LogP contribution >= 0.6 is 0 Å². The molecular weight excluding hydrogens is 152 g/mol. The highest BCUT2D eigenvalue weighted by atomic mass is 16.3. The second-order valence-corrected chi connectivity index (χ2v) is 2.48. The second kappa shape index (κ2) is 3.85. The summed E-state index contributed by atoms with van der Waals surface area (Å²) in [7, 11) is 0. The summed E-state index contributed by atoms with van der Waals surface area (Å²) in [5.41, 5.74) is 0.922. The van der Waals surface area contributed by atoms with E-state index >= 15 is 0 Å². The van der Waals surface area contributed by atoms with Gasteiger partial charge in [-0.15, -0.1) is 0 Å². The molecule has 1 rings (SSSR count). The van der Waals surface area contributed by atoms with Crippen molar-refractivity contribution in [2.75, 3.05) is 0 Å². The van der Waals surface area contributed by atoms with Crippen LogP contribution in [0.4, 0.5) is 5.82 Å². The monoisotopic (exact) mass is 164 g/mol. The Kier molecular flexibility index (Phi) is 2.80. The molecule has 0 aliphatic carbocycles. The van der Waals surface area contributed by atoms with Gasteiger partial charge in [-0.05, 0) is 19.9 Å². The van der Waals surface area contributed by atoms with Crippen LogP contribution in [0.5, 0.6) is 0 Å². The van der Waals surface area contributed by atoms with Crippen LogP contribution in [0.25, 0.3) is 0 Å². The Hall–Kier alpha value is -1.38. The molecule has 0 fully saturated rings. The lowest BCUT2D eigenvalue weighted by Crippen LogP contribution is -1.81. The molecule has 0 N–H and O–H groups in total. The van der Waals surface area contributed by atoms with Crippen molar-refractivity contribution in [2.45, 2.75) is 20.8 Å². The Morgan fingerprint density at radius 2 is 2.42 bits per heavy atom. The molecule has 0 radical (unpaired) electrons. The molecule has 0 spiro atoms. The van der Waals surface area contributed by atoms with Gasteiger partial charge in [0.05, 0.1) is 0 Å². The Bertz CT molecular complexity index is 310. The van der Waals surface area contributed by atoms with Crippen LogP contribution in [0.2, 0.25) is 0 Å². The van der Waals surface area contributed by atoms with Crippen LogP contribution in [0, 0.1) is 6.92 Å². The Morgan fingerprint density at radius 1 is 1.67 bits per heavy atom. The van der Waals surface area contributed by atoms with E-state index in [9.17, 15) is 0 Å². The molecule has 3 heteroatoms. The summed E-state index contributed by atoms with van der Waals surface area (Å²) in [5.74, 6) is 1.27. The van der Waals surface area contributed by atoms with Crippen LogP contribution in [0.3, 0.4) is 0 Å². The van der Waals surface area contributed by atoms with Gasteiger partial charge in [-0.25, -0.2) is 4.99 Å². The van der Waals surface area contributed by atoms with E-state index < -0.39 is 0 Å². The van der Waals surface area contributed by atoms with E-state index in [-0.39, 0.29) is 0 Å². The third kappa shape index (κ3) is 2.34. The zero-order chi connectivity index (χ0) is 8.97. The smallest absolute Gasteiger partial charge is 0.193 e. The third-order valence-electron chi connectivity index (χ3n) is 1.31. The maximum absolute atomic E-state index is 5.00. The van der Waals surface area contributed by atoms with E-state index in [1.165, 1.54) is 0 Å². The first-order valence-electron chi connectivity index (χ1n) is 3.82. The van der Waals surface area contributed by atoms with Crippen molar-refractivity contribution >= 4 is 11.5 Å². The van der Waals surface area contributed by atoms with Gasteiger partial charge < -0.3 is 4.42 Å². The molecule has 0 saturated heterocycles. The Labute approximate surface area is 71.8 Å². The third-order valence-corrected chi connectivity index (χ3v) is 1.31. The lowest BCUT2D eigenvalue weighted by Gasteiger charge is -1.86. The zero-order valence-electron chi connectivity index (χ0n) is 7.53. The molecule has 0 aliphatic rings. The van der Waals surface area contributed by atoms with E-state index in [1.54, 1.807) is 13.2 Å². The number of aromatic nitrogens is 1. The largest absolute Gasteiger partial charge is 0.447 e. The van der Waals surface area contributed by atoms with Gasteiger partial charge in [0, 0.05) is 12.6 Å². The van der Waals surface area contributed by atoms with Crippen LogP contribution < -0.4 is 0 Å². The van der Waals surface area contributed by atoms with Gasteiger partial charge in [0.25, 0.3) is 0 Å². The minimum absolute atomic E-state index is 0.628. The molecule has 0 aliphatic heterocycles. The molecule has 1 aromatic rings. The summed E-state index contributed by atoms with van der Waals surface area (Å²) in [4.78, 5) is 8.24. The number of allylic oxidation sites excluding steroid dienone is 2. The molecule has 0 atom stereocenters. The quantitative estimate of drug-likeness (QED) is 0.630. The molecule has 0 unspecified atom stereocenters. The second-order valence-electron chi connectivity index (χ2n) is 2.48. The minimum Gasteiger partial charge on any atom is -0.447 e. The molecule has 0 amide bonds. The van der Waals surface area contributed by atoms with Crippen molar-refractivity contribution in [3.8, 4) is 0 Å². The van der Waals surface area contributed by atoms with E-state index in [0.717, 1.165) is 5.71 Å². The van der Waals surface area contributed by atoms with Gasteiger partial charge in [0.2, 0.25) is 0 Å². The highest BCUT2D eigenvalue weighted by molar-refractivity contribution is 5.94. The lowest BCUT2D eigenvalue weighted by atomic mass is 10.4. The highest BCUT2D eigenvalue weighted by Gasteiger charge is 1.95. The Balaban J connectivity index is 2.80. The number of aliphatic imine (C=N–C) groups is 1. The Morgan fingerprint density at radius 3 is 2.92 bits per heavy atom. The maximum atomic E-state index is 5.00. The van der Waals surface area contributed by atoms with Gasteiger partial charge >= 0.3 is 0 Å². The van der Waals surface area contributed by atoms with Crippen molar-refractivity contribution in [3.05, 3.63) is 24.3 Å². The highest BCUT2D eigenvalue weighted by Crippen LogP contribution is 2.10. The average Bonchev–Trinajstić information content (AvgIpc) is 2.36. The standard InChI is InChI=1S/C9H12N2O/c1-4-5-7(2)10-9-6-12-8(3)11-9/h4-6H,1-3H3/b5-4-,10-7?. The number of hydrogen-bond donors (Lipinski definition) is 0. The fraction of sp³-hybridized carbons (Fsp3) is 0.333. The van der Waals surface area contributed by atoms with E-state index in [1.807, 2.05) is 26.0 Å². The lowest BCUT2D eigenvalue weighted by molar-refractivity contribution is 0.521. The number of hydrogen-bond acceptors (Lipinski definition) is 3. The molecule has 12 heavy (non-hydrogen) atoms. The summed E-state index contributed by atoms with van der Waals surface area (Å²) >= 11 is 0. The average molecular weight is 164 g/mol. The summed E-state index contributed by atoms with van der Waals surface area (Å²) in [6.45, 7) is 5.67. The number of aryl methyl sites for hydroxylation is 1. The van der Waals surface area contributed by atoms with Crippen molar-refractivity contribution in [1.82, 2.24) is 4.98 Å². The number of rotatable bonds is 2. The van der Waals surface area contributed by atoms with Crippen LogP contribution in [0.1, 0.15) is 19.7 Å². The van der Waals surface area contributed by atoms with Gasteiger partial charge in [0.1, 0.15) is 6.26 Å². The van der Waals surface area contributed by atoms with Crippen molar-refractivity contribution in [2.24, 2.45) is 4.99 Å². The maximum Gasteiger partial charge on any atom is 0.193 e. The summed E-state index contributed by atoms with van der Waals surface area (Å²) in [6.07, 6.45) is 5.40. The predicted octanol–water partition coefficient (Wildman–Crippen LogP) is 2.65. The normalized spacial score (nSPS) is 12.8. The minimum atomic E-state index is 0.628. The first kappa shape index (κ1) is 8.71. The van der Waals surface area contributed by atoms with E-state index in [2.05, 4.69) is 9.98 Å². The molecule has 0 saturated carbocycles. The van der Waals surface area contributed by atoms with Gasteiger partial charge in [-0.1, -0.05) is 6.08 Å². The summed E-state index contributed by atoms with van der Waals surface area (Å²) < 4.78 is 5.00. The van der Waals surface area contributed by atoms with Crippen molar-refractivity contribution < 1.29 is 4.42 Å². The van der Waals surface area contributed by atoms with E-state index in [4.69, 9.17) is 4.42 Å². The van der Waals surface area contributed by atoms with Crippen molar-refractivity contribution in [1.29, 1.82) is 0 Å². The molecule has 0 aromatic carbocycles. The molecule has 64 valence electrons. The van der Waals surface area contributed by atoms with Gasteiger partial charge in [-0.3, -0.25) is 0 Å². The van der Waals surface area contributed by atoms with Crippen LogP contribution in [0.15, 0.2) is 27.8 Å². The first-order valence-corrected chi connectivity index (χ1v) is 3.82. The zero-order valence-corrected chi connectivity index (χ0v) is 7.53. The molecule has 1 aromatic heterocycles. The van der Waals surface area contributed by atoms with Crippen LogP contribution in [-0.4, -0.2) is 10.7 Å². The number of oxazole rings is 1.